The minimum Gasteiger partial charge on any atom is -0.497 e. The van der Waals surface area contributed by atoms with Crippen molar-refractivity contribution in [2.45, 2.75) is 37.9 Å². The van der Waals surface area contributed by atoms with Gasteiger partial charge in [-0.1, -0.05) is 0 Å². The van der Waals surface area contributed by atoms with E-state index in [9.17, 15) is 9.90 Å². The van der Waals surface area contributed by atoms with Gasteiger partial charge in [0.2, 0.25) is 0 Å². The maximum absolute atomic E-state index is 13.0. The van der Waals surface area contributed by atoms with Crippen LogP contribution in [0.4, 0.5) is 0 Å². The molecule has 3 aliphatic rings. The number of hydrogen-bond acceptors (Lipinski definition) is 6. The number of amides is 1. The van der Waals surface area contributed by atoms with E-state index in [1.54, 1.807) is 32.4 Å². The molecule has 3 fully saturated rings. The van der Waals surface area contributed by atoms with Gasteiger partial charge >= 0.3 is 0 Å². The van der Waals surface area contributed by atoms with E-state index in [0.717, 1.165) is 65.0 Å². The van der Waals surface area contributed by atoms with Crippen LogP contribution in [0.1, 0.15) is 36.0 Å². The topological polar surface area (TPSA) is 71.5 Å². The number of aliphatic hydroxyl groups is 1. The predicted molar refractivity (Wildman–Crippen MR) is 109 cm³/mol. The molecule has 29 heavy (non-hydrogen) atoms. The molecular formula is C22H32N2O5. The molecule has 0 aliphatic carbocycles. The third-order valence-corrected chi connectivity index (χ3v) is 6.70. The quantitative estimate of drug-likeness (QED) is 0.807. The van der Waals surface area contributed by atoms with Crippen molar-refractivity contribution in [3.8, 4) is 11.5 Å². The van der Waals surface area contributed by atoms with Gasteiger partial charge in [-0.2, -0.15) is 0 Å². The van der Waals surface area contributed by atoms with Crippen molar-refractivity contribution < 1.29 is 24.1 Å². The van der Waals surface area contributed by atoms with Crippen LogP contribution in [0.2, 0.25) is 0 Å². The van der Waals surface area contributed by atoms with Crippen molar-refractivity contribution in [1.82, 2.24) is 9.80 Å². The van der Waals surface area contributed by atoms with Crippen LogP contribution in [0.25, 0.3) is 0 Å². The van der Waals surface area contributed by atoms with Crippen LogP contribution in [0.15, 0.2) is 18.2 Å². The van der Waals surface area contributed by atoms with E-state index in [-0.39, 0.29) is 23.5 Å². The molecule has 0 unspecified atom stereocenters. The molecule has 1 aromatic rings. The number of likely N-dealkylation sites (tertiary alicyclic amines) is 2. The lowest BCUT2D eigenvalue weighted by Crippen LogP contribution is -2.43. The number of rotatable bonds is 5. The summed E-state index contributed by atoms with van der Waals surface area (Å²) in [5, 5.41) is 9.72. The molecule has 0 bridgehead atoms. The molecule has 1 amide bonds. The lowest BCUT2D eigenvalue weighted by molar-refractivity contribution is 0.0451. The highest BCUT2D eigenvalue weighted by atomic mass is 16.5. The van der Waals surface area contributed by atoms with Crippen LogP contribution in [0.5, 0.6) is 11.5 Å². The van der Waals surface area contributed by atoms with Gasteiger partial charge in [0, 0.05) is 44.4 Å². The van der Waals surface area contributed by atoms with E-state index in [2.05, 4.69) is 4.90 Å². The molecule has 1 spiro atoms. The maximum Gasteiger partial charge on any atom is 0.254 e. The Bertz CT molecular complexity index is 710. The number of nitrogens with zero attached hydrogens (tertiary/aromatic N) is 2. The summed E-state index contributed by atoms with van der Waals surface area (Å²) < 4.78 is 16.7. The molecule has 7 nitrogen and oxygen atoms in total. The minimum atomic E-state index is -0.185. The number of ether oxygens (including phenoxy) is 3. The first-order valence-electron chi connectivity index (χ1n) is 10.5. The normalized spacial score (nSPS) is 26.8. The van der Waals surface area contributed by atoms with Crippen LogP contribution < -0.4 is 9.47 Å². The summed E-state index contributed by atoms with van der Waals surface area (Å²) in [6.45, 7) is 4.90. The first-order chi connectivity index (χ1) is 14.0. The van der Waals surface area contributed by atoms with Crippen LogP contribution in [0.3, 0.4) is 0 Å². The zero-order chi connectivity index (χ0) is 20.4. The fourth-order valence-corrected chi connectivity index (χ4v) is 4.92. The molecular weight excluding hydrogens is 372 g/mol. The second-order valence-electron chi connectivity index (χ2n) is 8.73. The van der Waals surface area contributed by atoms with E-state index in [4.69, 9.17) is 14.2 Å². The summed E-state index contributed by atoms with van der Waals surface area (Å²) in [4.78, 5) is 17.3. The third kappa shape index (κ3) is 4.52. The van der Waals surface area contributed by atoms with Crippen LogP contribution in [-0.4, -0.2) is 86.6 Å². The number of piperidine rings is 1. The Kier molecular flexibility index (Phi) is 5.99. The Morgan fingerprint density at radius 3 is 2.45 bits per heavy atom. The number of benzene rings is 1. The van der Waals surface area contributed by atoms with Gasteiger partial charge in [-0.05, 0) is 43.2 Å². The molecule has 1 N–H and O–H groups in total. The van der Waals surface area contributed by atoms with Crippen molar-refractivity contribution in [3.63, 3.8) is 0 Å². The molecule has 160 valence electrons. The monoisotopic (exact) mass is 404 g/mol. The molecule has 3 aliphatic heterocycles. The number of carbonyl (C=O) groups excluding carboxylic acids is 1. The Hall–Kier alpha value is -1.83. The largest absolute Gasteiger partial charge is 0.497 e. The Labute approximate surface area is 172 Å². The summed E-state index contributed by atoms with van der Waals surface area (Å²) >= 11 is 0. The smallest absolute Gasteiger partial charge is 0.254 e. The Balaban J connectivity index is 1.33. The van der Waals surface area contributed by atoms with Crippen molar-refractivity contribution in [2.24, 2.45) is 5.41 Å². The molecule has 4 rings (SSSR count). The van der Waals surface area contributed by atoms with Crippen LogP contribution in [-0.2, 0) is 4.74 Å². The fraction of sp³-hybridized carbons (Fsp3) is 0.682. The SMILES string of the molecule is COc1cc(OC)cc(C(=O)N2CCC3(CC2)CO[C@H](CN2CC[C@H](O)C2)C3)c1. The molecule has 0 aromatic heterocycles. The highest BCUT2D eigenvalue weighted by Crippen LogP contribution is 2.42. The first kappa shape index (κ1) is 20.4. The van der Waals surface area contributed by atoms with Gasteiger partial charge < -0.3 is 24.2 Å². The van der Waals surface area contributed by atoms with Crippen molar-refractivity contribution in [2.75, 3.05) is 53.6 Å². The van der Waals surface area contributed by atoms with Gasteiger partial charge in [0.25, 0.3) is 5.91 Å². The average molecular weight is 405 g/mol. The number of aliphatic hydroxyl groups excluding tert-OH is 1. The molecule has 2 atom stereocenters. The summed E-state index contributed by atoms with van der Waals surface area (Å²) in [5.41, 5.74) is 0.788. The minimum absolute atomic E-state index is 0.0265. The first-order valence-corrected chi connectivity index (χ1v) is 10.5. The van der Waals surface area contributed by atoms with Crippen LogP contribution >= 0.6 is 0 Å². The van der Waals surface area contributed by atoms with Gasteiger partial charge in [0.15, 0.2) is 0 Å². The number of carbonyl (C=O) groups is 1. The molecule has 3 saturated heterocycles. The maximum atomic E-state index is 13.0. The Morgan fingerprint density at radius 1 is 1.17 bits per heavy atom. The van der Waals surface area contributed by atoms with Gasteiger partial charge in [-0.15, -0.1) is 0 Å². The molecule has 0 radical (unpaired) electrons. The fourth-order valence-electron chi connectivity index (χ4n) is 4.92. The van der Waals surface area contributed by atoms with E-state index >= 15 is 0 Å². The van der Waals surface area contributed by atoms with Crippen molar-refractivity contribution in [1.29, 1.82) is 0 Å². The van der Waals surface area contributed by atoms with E-state index in [1.807, 2.05) is 4.90 Å². The number of methoxy groups -OCH3 is 2. The highest BCUT2D eigenvalue weighted by molar-refractivity contribution is 5.95. The molecule has 3 heterocycles. The Morgan fingerprint density at radius 2 is 1.86 bits per heavy atom. The summed E-state index contributed by atoms with van der Waals surface area (Å²) in [6.07, 6.45) is 3.91. The predicted octanol–water partition coefficient (Wildman–Crippen LogP) is 1.78. The lowest BCUT2D eigenvalue weighted by Gasteiger charge is -2.38. The van der Waals surface area contributed by atoms with Gasteiger partial charge in [0.1, 0.15) is 11.5 Å². The van der Waals surface area contributed by atoms with Crippen LogP contribution in [0, 0.1) is 5.41 Å². The summed E-state index contributed by atoms with van der Waals surface area (Å²) in [6, 6.07) is 5.32. The average Bonchev–Trinajstić information content (AvgIpc) is 3.33. The second-order valence-corrected chi connectivity index (χ2v) is 8.73. The zero-order valence-electron chi connectivity index (χ0n) is 17.4. The van der Waals surface area contributed by atoms with E-state index in [0.29, 0.717) is 17.1 Å². The molecule has 0 saturated carbocycles. The zero-order valence-corrected chi connectivity index (χ0v) is 17.4. The van der Waals surface area contributed by atoms with E-state index in [1.165, 1.54) is 0 Å². The highest BCUT2D eigenvalue weighted by Gasteiger charge is 2.43. The molecule has 1 aromatic carbocycles. The van der Waals surface area contributed by atoms with Gasteiger partial charge in [-0.25, -0.2) is 0 Å². The number of β-amino-alcohol motifs (C(OH)–C–C–N with tert-alkyl or cyclic N) is 1. The van der Waals surface area contributed by atoms with Gasteiger partial charge in [0.05, 0.1) is 33.0 Å². The van der Waals surface area contributed by atoms with Gasteiger partial charge in [-0.3, -0.25) is 9.69 Å². The van der Waals surface area contributed by atoms with Crippen molar-refractivity contribution >= 4 is 5.91 Å². The van der Waals surface area contributed by atoms with E-state index < -0.39 is 0 Å². The number of hydrogen-bond donors (Lipinski definition) is 1. The molecule has 7 heteroatoms. The third-order valence-electron chi connectivity index (χ3n) is 6.70. The lowest BCUT2D eigenvalue weighted by atomic mass is 9.76. The summed E-state index contributed by atoms with van der Waals surface area (Å²) in [7, 11) is 3.18. The second kappa shape index (κ2) is 8.50. The van der Waals surface area contributed by atoms with Crippen molar-refractivity contribution in [3.05, 3.63) is 23.8 Å². The standard InChI is InChI=1S/C22H32N2O5/c1-27-18-9-16(10-19(11-18)28-2)21(26)24-7-4-22(5-8-24)12-20(29-15-22)14-23-6-3-17(25)13-23/h9-11,17,20,25H,3-8,12-15H2,1-2H3/t17-,20-/m0/s1. The summed E-state index contributed by atoms with van der Waals surface area (Å²) in [5.74, 6) is 1.28.